The number of nitrogens with two attached hydrogens (primary N) is 2. The Hall–Kier alpha value is -1.67. The topological polar surface area (TPSA) is 118 Å². The third-order valence-electron chi connectivity index (χ3n) is 4.54. The van der Waals surface area contributed by atoms with Gasteiger partial charge < -0.3 is 21.5 Å². The van der Waals surface area contributed by atoms with Gasteiger partial charge >= 0.3 is 7.12 Å². The predicted octanol–water partition coefficient (Wildman–Crippen LogP) is 5.72. The van der Waals surface area contributed by atoms with E-state index < -0.39 is 7.12 Å². The van der Waals surface area contributed by atoms with Crippen LogP contribution in [-0.2, 0) is 0 Å². The number of halogens is 3. The standard InChI is InChI=1S/C12H11ClN2S.C7H9BO2S.C5H4ClIN2/c1-16-11-5-3-2-4-9(11)10-6-8(13)7-15-12(10)14;1-11-7-5-3-2-4-6(7)8(9)10;6-3-1-4(7)5(8)9-2-3/h2-7H,1H3,(H2,14,15);2-5,9-10H,1H3;1-2H,(H2,8,9). The van der Waals surface area contributed by atoms with Gasteiger partial charge in [0, 0.05) is 27.7 Å². The van der Waals surface area contributed by atoms with E-state index in [1.165, 1.54) is 22.9 Å². The Morgan fingerprint density at radius 2 is 1.31 bits per heavy atom. The molecule has 2 heterocycles. The molecule has 0 saturated carbocycles. The molecule has 2 aromatic carbocycles. The zero-order valence-corrected chi connectivity index (χ0v) is 24.7. The molecular weight excluding hydrogens is 649 g/mol. The average molecular weight is 673 g/mol. The first-order valence-electron chi connectivity index (χ1n) is 10.3. The molecule has 36 heavy (non-hydrogen) atoms. The quantitative estimate of drug-likeness (QED) is 0.124. The van der Waals surface area contributed by atoms with Crippen molar-refractivity contribution < 1.29 is 10.0 Å². The van der Waals surface area contributed by atoms with Gasteiger partial charge in [-0.3, -0.25) is 0 Å². The SMILES string of the molecule is CSc1ccccc1-c1cc(Cl)cnc1N.CSc1ccccc1B(O)O.Nc1ncc(Cl)cc1I. The lowest BCUT2D eigenvalue weighted by atomic mass is 9.80. The van der Waals surface area contributed by atoms with Crippen molar-refractivity contribution in [2.45, 2.75) is 9.79 Å². The van der Waals surface area contributed by atoms with Crippen molar-refractivity contribution in [1.29, 1.82) is 0 Å². The maximum absolute atomic E-state index is 8.88. The zero-order valence-electron chi connectivity index (χ0n) is 19.4. The summed E-state index contributed by atoms with van der Waals surface area (Å²) < 4.78 is 0.889. The Morgan fingerprint density at radius 3 is 1.83 bits per heavy atom. The van der Waals surface area contributed by atoms with Crippen LogP contribution >= 0.6 is 69.3 Å². The van der Waals surface area contributed by atoms with Gasteiger partial charge in [0.2, 0.25) is 0 Å². The summed E-state index contributed by atoms with van der Waals surface area (Å²) in [6, 6.07) is 18.9. The van der Waals surface area contributed by atoms with Crippen molar-refractivity contribution in [2.24, 2.45) is 0 Å². The van der Waals surface area contributed by atoms with Gasteiger partial charge in [-0.2, -0.15) is 0 Å². The highest BCUT2D eigenvalue weighted by Gasteiger charge is 2.13. The molecule has 0 atom stereocenters. The van der Waals surface area contributed by atoms with Gasteiger partial charge in [-0.25, -0.2) is 9.97 Å². The Morgan fingerprint density at radius 1 is 0.778 bits per heavy atom. The minimum absolute atomic E-state index is 0.505. The van der Waals surface area contributed by atoms with E-state index in [4.69, 9.17) is 44.7 Å². The van der Waals surface area contributed by atoms with E-state index >= 15 is 0 Å². The second-order valence-electron chi connectivity index (χ2n) is 6.92. The Balaban J connectivity index is 0.000000200. The van der Waals surface area contributed by atoms with E-state index in [1.807, 2.05) is 48.9 Å². The molecule has 6 N–H and O–H groups in total. The highest BCUT2D eigenvalue weighted by Crippen LogP contribution is 2.33. The summed E-state index contributed by atoms with van der Waals surface area (Å²) in [6.45, 7) is 0. The molecule has 12 heteroatoms. The normalized spacial score (nSPS) is 9.97. The molecule has 0 spiro atoms. The lowest BCUT2D eigenvalue weighted by Crippen LogP contribution is -2.31. The second-order valence-corrected chi connectivity index (χ2v) is 10.7. The van der Waals surface area contributed by atoms with Crippen LogP contribution in [0.5, 0.6) is 0 Å². The van der Waals surface area contributed by atoms with Crippen molar-refractivity contribution in [3.63, 3.8) is 0 Å². The van der Waals surface area contributed by atoms with Crippen LogP contribution in [0.1, 0.15) is 0 Å². The number of hydrogen-bond donors (Lipinski definition) is 4. The first-order chi connectivity index (χ1) is 17.2. The molecule has 2 aromatic heterocycles. The zero-order chi connectivity index (χ0) is 26.7. The summed E-state index contributed by atoms with van der Waals surface area (Å²) in [5, 5.41) is 19.0. The largest absolute Gasteiger partial charge is 0.489 e. The van der Waals surface area contributed by atoms with Gasteiger partial charge in [0.05, 0.1) is 13.6 Å². The number of nitrogens with zero attached hydrogens (tertiary/aromatic N) is 2. The minimum atomic E-state index is -1.36. The highest BCUT2D eigenvalue weighted by atomic mass is 127. The summed E-state index contributed by atoms with van der Waals surface area (Å²) in [5.41, 5.74) is 13.8. The molecule has 0 aliphatic rings. The van der Waals surface area contributed by atoms with Gasteiger partial charge in [-0.1, -0.05) is 59.6 Å². The molecule has 0 saturated heterocycles. The van der Waals surface area contributed by atoms with Crippen molar-refractivity contribution in [2.75, 3.05) is 24.0 Å². The number of anilines is 2. The number of benzene rings is 2. The fourth-order valence-corrected chi connectivity index (χ4v) is 5.05. The van der Waals surface area contributed by atoms with Gasteiger partial charge in [-0.05, 0) is 70.4 Å². The van der Waals surface area contributed by atoms with Crippen molar-refractivity contribution in [1.82, 2.24) is 9.97 Å². The van der Waals surface area contributed by atoms with E-state index in [9.17, 15) is 0 Å². The molecule has 4 rings (SSSR count). The fourth-order valence-electron chi connectivity index (χ4n) is 2.84. The minimum Gasteiger partial charge on any atom is -0.423 e. The molecular formula is C24H24BCl2IN4O2S2. The van der Waals surface area contributed by atoms with E-state index in [0.717, 1.165) is 19.6 Å². The van der Waals surface area contributed by atoms with Gasteiger partial charge in [0.15, 0.2) is 0 Å². The molecule has 0 unspecified atom stereocenters. The van der Waals surface area contributed by atoms with Crippen LogP contribution in [0.15, 0.2) is 82.8 Å². The third-order valence-corrected chi connectivity index (χ3v) is 7.42. The predicted molar refractivity (Wildman–Crippen MR) is 165 cm³/mol. The summed E-state index contributed by atoms with van der Waals surface area (Å²) in [6.07, 6.45) is 7.02. The van der Waals surface area contributed by atoms with Crippen LogP contribution in [0.2, 0.25) is 10.0 Å². The van der Waals surface area contributed by atoms with Gasteiger partial charge in [0.25, 0.3) is 0 Å². The van der Waals surface area contributed by atoms with E-state index in [2.05, 4.69) is 38.6 Å². The van der Waals surface area contributed by atoms with Crippen molar-refractivity contribution >= 4 is 93.5 Å². The van der Waals surface area contributed by atoms with Crippen LogP contribution in [0.4, 0.5) is 11.6 Å². The number of nitrogen functional groups attached to an aromatic ring is 2. The third kappa shape index (κ3) is 9.33. The monoisotopic (exact) mass is 672 g/mol. The molecule has 0 fully saturated rings. The first-order valence-corrected chi connectivity index (χ1v) is 14.6. The number of aromatic nitrogens is 2. The first kappa shape index (κ1) is 30.6. The molecule has 0 bridgehead atoms. The molecule has 0 aliphatic carbocycles. The summed E-state index contributed by atoms with van der Waals surface area (Å²) in [7, 11) is -1.36. The molecule has 4 aromatic rings. The molecule has 0 aliphatic heterocycles. The van der Waals surface area contributed by atoms with Gasteiger partial charge in [0.1, 0.15) is 11.6 Å². The number of thioether (sulfide) groups is 2. The molecule has 188 valence electrons. The Kier molecular flexibility index (Phi) is 13.2. The summed E-state index contributed by atoms with van der Waals surface area (Å²) >= 11 is 16.8. The maximum atomic E-state index is 8.88. The molecule has 6 nitrogen and oxygen atoms in total. The fraction of sp³-hybridized carbons (Fsp3) is 0.0833. The highest BCUT2D eigenvalue weighted by molar-refractivity contribution is 14.1. The van der Waals surface area contributed by atoms with Crippen molar-refractivity contribution in [3.8, 4) is 11.1 Å². The lowest BCUT2D eigenvalue weighted by Gasteiger charge is -2.09. The average Bonchev–Trinajstić information content (AvgIpc) is 2.88. The van der Waals surface area contributed by atoms with Crippen LogP contribution in [0.25, 0.3) is 11.1 Å². The van der Waals surface area contributed by atoms with E-state index in [1.54, 1.807) is 36.2 Å². The lowest BCUT2D eigenvalue weighted by molar-refractivity contribution is 0.425. The number of hydrogen-bond acceptors (Lipinski definition) is 8. The Labute approximate surface area is 243 Å². The van der Waals surface area contributed by atoms with Gasteiger partial charge in [-0.15, -0.1) is 23.5 Å². The van der Waals surface area contributed by atoms with Crippen molar-refractivity contribution in [3.05, 3.63) is 86.7 Å². The maximum Gasteiger partial charge on any atom is 0.489 e. The summed E-state index contributed by atoms with van der Waals surface area (Å²) in [4.78, 5) is 9.95. The molecule has 0 amide bonds. The Bertz CT molecular complexity index is 1290. The van der Waals surface area contributed by atoms with E-state index in [-0.39, 0.29) is 0 Å². The van der Waals surface area contributed by atoms with E-state index in [0.29, 0.717) is 27.1 Å². The molecule has 0 radical (unpaired) electrons. The smallest absolute Gasteiger partial charge is 0.423 e. The van der Waals surface area contributed by atoms with Crippen LogP contribution < -0.4 is 16.9 Å². The van der Waals surface area contributed by atoms with Crippen LogP contribution in [-0.4, -0.2) is 39.6 Å². The van der Waals surface area contributed by atoms with Crippen LogP contribution in [0.3, 0.4) is 0 Å². The summed E-state index contributed by atoms with van der Waals surface area (Å²) in [5.74, 6) is 1.03. The number of pyridine rings is 2. The van der Waals surface area contributed by atoms with Crippen LogP contribution in [0, 0.1) is 3.57 Å². The second kappa shape index (κ2) is 15.6. The number of rotatable bonds is 4.